The SMILES string of the molecule is CCCC(O)=C1C(=O)CC(c2cc(C)cs2)CC1=O. The van der Waals surface area contributed by atoms with Gasteiger partial charge in [-0.15, -0.1) is 11.3 Å². The first-order valence-corrected chi connectivity index (χ1v) is 7.44. The molecule has 2 rings (SSSR count). The van der Waals surface area contributed by atoms with E-state index in [1.165, 1.54) is 0 Å². The molecule has 0 radical (unpaired) electrons. The number of aliphatic hydroxyl groups excluding tert-OH is 1. The number of aliphatic hydroxyl groups is 1. The molecule has 0 spiro atoms. The van der Waals surface area contributed by atoms with E-state index in [1.807, 2.05) is 25.3 Å². The van der Waals surface area contributed by atoms with E-state index < -0.39 is 0 Å². The molecule has 0 saturated heterocycles. The fraction of sp³-hybridized carbons (Fsp3) is 0.467. The van der Waals surface area contributed by atoms with E-state index in [4.69, 9.17) is 0 Å². The zero-order valence-corrected chi connectivity index (χ0v) is 12.0. The highest BCUT2D eigenvalue weighted by Gasteiger charge is 2.34. The summed E-state index contributed by atoms with van der Waals surface area (Å²) in [6.45, 7) is 3.91. The van der Waals surface area contributed by atoms with Crippen LogP contribution < -0.4 is 0 Å². The number of aryl methyl sites for hydroxylation is 1. The third kappa shape index (κ3) is 2.95. The van der Waals surface area contributed by atoms with E-state index >= 15 is 0 Å². The molecule has 1 aliphatic carbocycles. The number of Topliss-reactive ketones (excluding diaryl/α,β-unsaturated/α-hetero) is 2. The zero-order valence-electron chi connectivity index (χ0n) is 11.2. The Morgan fingerprint density at radius 1 is 1.37 bits per heavy atom. The van der Waals surface area contributed by atoms with Crippen LogP contribution in [0.15, 0.2) is 22.8 Å². The second-order valence-electron chi connectivity index (χ2n) is 5.05. The summed E-state index contributed by atoms with van der Waals surface area (Å²) in [5, 5.41) is 11.8. The van der Waals surface area contributed by atoms with Gasteiger partial charge in [-0.2, -0.15) is 0 Å². The Labute approximate surface area is 117 Å². The number of thiophene rings is 1. The number of carbonyl (C=O) groups is 2. The molecule has 0 aromatic carbocycles. The van der Waals surface area contributed by atoms with E-state index in [0.717, 1.165) is 16.9 Å². The molecule has 1 aromatic rings. The van der Waals surface area contributed by atoms with E-state index in [1.54, 1.807) is 11.3 Å². The largest absolute Gasteiger partial charge is 0.511 e. The van der Waals surface area contributed by atoms with Gasteiger partial charge in [0.25, 0.3) is 0 Å². The van der Waals surface area contributed by atoms with Crippen molar-refractivity contribution in [1.29, 1.82) is 0 Å². The minimum Gasteiger partial charge on any atom is -0.511 e. The van der Waals surface area contributed by atoms with Crippen molar-refractivity contribution in [1.82, 2.24) is 0 Å². The van der Waals surface area contributed by atoms with Crippen LogP contribution in [-0.4, -0.2) is 16.7 Å². The maximum atomic E-state index is 12.1. The van der Waals surface area contributed by atoms with Gasteiger partial charge in [0.2, 0.25) is 0 Å². The average molecular weight is 278 g/mol. The van der Waals surface area contributed by atoms with Crippen LogP contribution in [0, 0.1) is 6.92 Å². The molecular formula is C15H18O3S. The quantitative estimate of drug-likeness (QED) is 0.521. The smallest absolute Gasteiger partial charge is 0.170 e. The van der Waals surface area contributed by atoms with Crippen molar-refractivity contribution in [3.05, 3.63) is 33.2 Å². The number of allylic oxidation sites excluding steroid dienone is 2. The van der Waals surface area contributed by atoms with E-state index in [2.05, 4.69) is 0 Å². The molecule has 0 unspecified atom stereocenters. The monoisotopic (exact) mass is 278 g/mol. The van der Waals surface area contributed by atoms with Crippen LogP contribution in [0.5, 0.6) is 0 Å². The summed E-state index contributed by atoms with van der Waals surface area (Å²) < 4.78 is 0. The predicted molar refractivity (Wildman–Crippen MR) is 75.6 cm³/mol. The highest BCUT2D eigenvalue weighted by Crippen LogP contribution is 2.35. The van der Waals surface area contributed by atoms with Crippen LogP contribution in [0.2, 0.25) is 0 Å². The van der Waals surface area contributed by atoms with Crippen molar-refractivity contribution < 1.29 is 14.7 Å². The minimum absolute atomic E-state index is 0.0168. The lowest BCUT2D eigenvalue weighted by molar-refractivity contribution is -0.124. The van der Waals surface area contributed by atoms with Crippen LogP contribution in [0.25, 0.3) is 0 Å². The summed E-state index contributed by atoms with van der Waals surface area (Å²) >= 11 is 1.60. The lowest BCUT2D eigenvalue weighted by atomic mass is 9.82. The molecule has 1 fully saturated rings. The number of rotatable bonds is 3. The molecule has 0 atom stereocenters. The maximum absolute atomic E-state index is 12.1. The van der Waals surface area contributed by atoms with Crippen molar-refractivity contribution in [2.45, 2.75) is 45.4 Å². The first kappa shape index (κ1) is 14.0. The van der Waals surface area contributed by atoms with E-state index in [0.29, 0.717) is 19.3 Å². The summed E-state index contributed by atoms with van der Waals surface area (Å²) in [6.07, 6.45) is 1.78. The molecule has 1 saturated carbocycles. The number of hydrogen-bond acceptors (Lipinski definition) is 4. The highest BCUT2D eigenvalue weighted by molar-refractivity contribution is 7.10. The lowest BCUT2D eigenvalue weighted by Gasteiger charge is -2.21. The molecule has 19 heavy (non-hydrogen) atoms. The third-order valence-corrected chi connectivity index (χ3v) is 4.56. The van der Waals surface area contributed by atoms with Crippen molar-refractivity contribution in [3.63, 3.8) is 0 Å². The molecule has 0 aliphatic heterocycles. The molecule has 3 nitrogen and oxygen atoms in total. The first-order chi connectivity index (χ1) is 9.02. The maximum Gasteiger partial charge on any atom is 0.170 e. The highest BCUT2D eigenvalue weighted by atomic mass is 32.1. The summed E-state index contributed by atoms with van der Waals surface area (Å²) in [5.41, 5.74) is 1.21. The van der Waals surface area contributed by atoms with Crippen LogP contribution in [0.4, 0.5) is 0 Å². The van der Waals surface area contributed by atoms with Crippen molar-refractivity contribution in [2.75, 3.05) is 0 Å². The molecule has 0 amide bonds. The second kappa shape index (κ2) is 5.70. The second-order valence-corrected chi connectivity index (χ2v) is 5.99. The number of ketones is 2. The van der Waals surface area contributed by atoms with Gasteiger partial charge in [-0.05, 0) is 30.4 Å². The van der Waals surface area contributed by atoms with Crippen LogP contribution in [0.3, 0.4) is 0 Å². The Balaban J connectivity index is 2.22. The lowest BCUT2D eigenvalue weighted by Crippen LogP contribution is -2.26. The molecule has 1 aromatic heterocycles. The number of hydrogen-bond donors (Lipinski definition) is 1. The summed E-state index contributed by atoms with van der Waals surface area (Å²) in [7, 11) is 0. The van der Waals surface area contributed by atoms with Gasteiger partial charge in [-0.25, -0.2) is 0 Å². The summed E-state index contributed by atoms with van der Waals surface area (Å²) in [5.74, 6) is -0.466. The Morgan fingerprint density at radius 3 is 2.47 bits per heavy atom. The predicted octanol–water partition coefficient (Wildman–Crippen LogP) is 3.68. The van der Waals surface area contributed by atoms with Gasteiger partial charge in [0.15, 0.2) is 11.6 Å². The molecular weight excluding hydrogens is 260 g/mol. The Bertz CT molecular complexity index is 519. The Morgan fingerprint density at radius 2 is 2.00 bits per heavy atom. The summed E-state index contributed by atoms with van der Waals surface area (Å²) in [6, 6.07) is 2.04. The van der Waals surface area contributed by atoms with Crippen LogP contribution in [-0.2, 0) is 9.59 Å². The van der Waals surface area contributed by atoms with Gasteiger partial charge in [0, 0.05) is 30.1 Å². The van der Waals surface area contributed by atoms with Gasteiger partial charge in [-0.1, -0.05) is 6.92 Å². The standard InChI is InChI=1S/C15H18O3S/c1-3-4-11(16)15-12(17)6-10(7-13(15)18)14-5-9(2)8-19-14/h5,8,10,16H,3-4,6-7H2,1-2H3. The van der Waals surface area contributed by atoms with E-state index in [9.17, 15) is 14.7 Å². The number of carbonyl (C=O) groups excluding carboxylic acids is 2. The van der Waals surface area contributed by atoms with Gasteiger partial charge in [0.05, 0.1) is 5.57 Å². The average Bonchev–Trinajstić information content (AvgIpc) is 2.75. The molecule has 0 bridgehead atoms. The molecule has 102 valence electrons. The Hall–Kier alpha value is -1.42. The summed E-state index contributed by atoms with van der Waals surface area (Å²) in [4.78, 5) is 25.2. The fourth-order valence-corrected chi connectivity index (χ4v) is 3.43. The van der Waals surface area contributed by atoms with Crippen molar-refractivity contribution >= 4 is 22.9 Å². The van der Waals surface area contributed by atoms with Crippen LogP contribution in [0.1, 0.15) is 49.0 Å². The van der Waals surface area contributed by atoms with Gasteiger partial charge in [-0.3, -0.25) is 9.59 Å². The molecule has 1 aliphatic rings. The molecule has 4 heteroatoms. The van der Waals surface area contributed by atoms with Gasteiger partial charge >= 0.3 is 0 Å². The van der Waals surface area contributed by atoms with Gasteiger partial charge < -0.3 is 5.11 Å². The van der Waals surface area contributed by atoms with Crippen molar-refractivity contribution in [3.8, 4) is 0 Å². The molecule has 1 heterocycles. The normalized spacial score (nSPS) is 19.9. The minimum atomic E-state index is -0.210. The topological polar surface area (TPSA) is 54.4 Å². The van der Waals surface area contributed by atoms with Crippen LogP contribution >= 0.6 is 11.3 Å². The molecule has 1 N–H and O–H groups in total. The zero-order chi connectivity index (χ0) is 14.0. The fourth-order valence-electron chi connectivity index (χ4n) is 2.43. The first-order valence-electron chi connectivity index (χ1n) is 6.56. The third-order valence-electron chi connectivity index (χ3n) is 3.35. The Kier molecular flexibility index (Phi) is 4.20. The van der Waals surface area contributed by atoms with Crippen molar-refractivity contribution in [2.24, 2.45) is 0 Å². The van der Waals surface area contributed by atoms with Gasteiger partial charge in [0.1, 0.15) is 5.76 Å². The van der Waals surface area contributed by atoms with E-state index in [-0.39, 0.29) is 28.8 Å².